The third-order valence-corrected chi connectivity index (χ3v) is 8.38. The third-order valence-electron chi connectivity index (χ3n) is 6.28. The van der Waals surface area contributed by atoms with Crippen molar-refractivity contribution in [3.8, 4) is 5.69 Å². The molecular formula is C24H27ClN4O4S. The Hall–Kier alpha value is -2.88. The number of nitrogens with one attached hydrogen (secondary N) is 1. The smallest absolute Gasteiger partial charge is 0.295 e. The van der Waals surface area contributed by atoms with Gasteiger partial charge >= 0.3 is 0 Å². The van der Waals surface area contributed by atoms with Crippen molar-refractivity contribution in [2.75, 3.05) is 18.4 Å². The van der Waals surface area contributed by atoms with E-state index in [4.69, 9.17) is 11.6 Å². The highest BCUT2D eigenvalue weighted by atomic mass is 35.5. The molecule has 10 heteroatoms. The standard InChI is InChI=1S/C24H27ClN4O4S/c1-17-22(24(31)29(27(17)2)21-6-4-3-5-7-21)26-23(30)19-12-14-28(15-13-19)34(32,33)16-18-8-10-20(25)11-9-18/h3-11,19H,12-16H2,1-2H3,(H,26,30). The second kappa shape index (κ2) is 9.77. The molecule has 1 saturated heterocycles. The van der Waals surface area contributed by atoms with E-state index in [1.54, 1.807) is 42.9 Å². The van der Waals surface area contributed by atoms with Crippen LogP contribution in [0.1, 0.15) is 24.1 Å². The number of aromatic nitrogens is 2. The molecule has 0 atom stereocenters. The number of carbonyl (C=O) groups excluding carboxylic acids is 1. The highest BCUT2D eigenvalue weighted by molar-refractivity contribution is 7.88. The van der Waals surface area contributed by atoms with Gasteiger partial charge in [0, 0.05) is 31.1 Å². The monoisotopic (exact) mass is 502 g/mol. The molecule has 1 amide bonds. The fraction of sp³-hybridized carbons (Fsp3) is 0.333. The van der Waals surface area contributed by atoms with Gasteiger partial charge in [0.2, 0.25) is 15.9 Å². The van der Waals surface area contributed by atoms with Crippen LogP contribution in [0.15, 0.2) is 59.4 Å². The molecule has 0 unspecified atom stereocenters. The molecule has 180 valence electrons. The fourth-order valence-electron chi connectivity index (χ4n) is 4.22. The van der Waals surface area contributed by atoms with E-state index in [9.17, 15) is 18.0 Å². The molecule has 0 spiro atoms. The van der Waals surface area contributed by atoms with Gasteiger partial charge in [0.25, 0.3) is 5.56 Å². The van der Waals surface area contributed by atoms with Crippen molar-refractivity contribution in [1.82, 2.24) is 13.7 Å². The van der Waals surface area contributed by atoms with Gasteiger partial charge in [-0.15, -0.1) is 0 Å². The Labute approximate surface area is 203 Å². The van der Waals surface area contributed by atoms with Gasteiger partial charge in [-0.25, -0.2) is 17.4 Å². The van der Waals surface area contributed by atoms with Crippen LogP contribution in [-0.2, 0) is 27.6 Å². The predicted molar refractivity (Wildman–Crippen MR) is 133 cm³/mol. The summed E-state index contributed by atoms with van der Waals surface area (Å²) in [7, 11) is -1.73. The zero-order chi connectivity index (χ0) is 24.5. The molecule has 8 nitrogen and oxygen atoms in total. The van der Waals surface area contributed by atoms with E-state index in [1.807, 2.05) is 30.3 Å². The Morgan fingerprint density at radius 1 is 1.06 bits per heavy atom. The summed E-state index contributed by atoms with van der Waals surface area (Å²) in [6.45, 7) is 2.30. The van der Waals surface area contributed by atoms with Crippen LogP contribution in [0.25, 0.3) is 5.69 Å². The predicted octanol–water partition coefficient (Wildman–Crippen LogP) is 3.32. The minimum absolute atomic E-state index is 0.108. The van der Waals surface area contributed by atoms with E-state index in [1.165, 1.54) is 8.99 Å². The maximum absolute atomic E-state index is 13.0. The summed E-state index contributed by atoms with van der Waals surface area (Å²) >= 11 is 5.88. The molecular weight excluding hydrogens is 476 g/mol. The first kappa shape index (κ1) is 24.3. The van der Waals surface area contributed by atoms with E-state index in [2.05, 4.69) is 5.32 Å². The molecule has 0 radical (unpaired) electrons. The minimum Gasteiger partial charge on any atom is -0.320 e. The molecule has 0 bridgehead atoms. The number of piperidine rings is 1. The number of amides is 1. The Bertz CT molecular complexity index is 1340. The molecule has 3 aromatic rings. The van der Waals surface area contributed by atoms with Crippen LogP contribution in [0.2, 0.25) is 5.02 Å². The summed E-state index contributed by atoms with van der Waals surface area (Å²) in [6.07, 6.45) is 0.787. The summed E-state index contributed by atoms with van der Waals surface area (Å²) in [4.78, 5) is 26.0. The van der Waals surface area contributed by atoms with E-state index >= 15 is 0 Å². The molecule has 1 aromatic heterocycles. The maximum atomic E-state index is 13.0. The highest BCUT2D eigenvalue weighted by Crippen LogP contribution is 2.24. The maximum Gasteiger partial charge on any atom is 0.295 e. The van der Waals surface area contributed by atoms with Gasteiger partial charge in [0.05, 0.1) is 17.1 Å². The lowest BCUT2D eigenvalue weighted by Crippen LogP contribution is -2.42. The normalized spacial score (nSPS) is 15.4. The summed E-state index contributed by atoms with van der Waals surface area (Å²) < 4.78 is 30.3. The topological polar surface area (TPSA) is 93.4 Å². The van der Waals surface area contributed by atoms with Crippen LogP contribution in [0.5, 0.6) is 0 Å². The number of sulfonamides is 1. The molecule has 1 aliphatic rings. The largest absolute Gasteiger partial charge is 0.320 e. The Kier molecular flexibility index (Phi) is 6.97. The van der Waals surface area contributed by atoms with E-state index in [0.717, 1.165) is 0 Å². The van der Waals surface area contributed by atoms with Crippen LogP contribution in [0, 0.1) is 12.8 Å². The lowest BCUT2D eigenvalue weighted by atomic mass is 9.97. The highest BCUT2D eigenvalue weighted by Gasteiger charge is 2.32. The Morgan fingerprint density at radius 2 is 1.68 bits per heavy atom. The van der Waals surface area contributed by atoms with Gasteiger partial charge in [-0.2, -0.15) is 0 Å². The first-order chi connectivity index (χ1) is 16.2. The van der Waals surface area contributed by atoms with Crippen LogP contribution >= 0.6 is 11.6 Å². The van der Waals surface area contributed by atoms with Gasteiger partial charge in [-0.3, -0.25) is 14.3 Å². The van der Waals surface area contributed by atoms with Gasteiger partial charge in [0.15, 0.2) is 0 Å². The first-order valence-corrected chi connectivity index (χ1v) is 13.0. The first-order valence-electron chi connectivity index (χ1n) is 11.0. The molecule has 1 N–H and O–H groups in total. The average Bonchev–Trinajstić information content (AvgIpc) is 3.04. The van der Waals surface area contributed by atoms with E-state index in [-0.39, 0.29) is 41.9 Å². The number of halogens is 1. The minimum atomic E-state index is -3.50. The Morgan fingerprint density at radius 3 is 2.29 bits per heavy atom. The molecule has 2 aromatic carbocycles. The third kappa shape index (κ3) is 4.96. The van der Waals surface area contributed by atoms with Crippen LogP contribution in [-0.4, -0.2) is 41.1 Å². The van der Waals surface area contributed by atoms with Crippen molar-refractivity contribution < 1.29 is 13.2 Å². The number of anilines is 1. The summed E-state index contributed by atoms with van der Waals surface area (Å²) in [6, 6.07) is 15.9. The number of para-hydroxylation sites is 1. The molecule has 2 heterocycles. The zero-order valence-corrected chi connectivity index (χ0v) is 20.6. The molecule has 1 fully saturated rings. The number of rotatable bonds is 6. The van der Waals surface area contributed by atoms with Crippen molar-refractivity contribution in [3.05, 3.63) is 81.2 Å². The molecule has 0 aliphatic carbocycles. The molecule has 34 heavy (non-hydrogen) atoms. The van der Waals surface area contributed by atoms with Gasteiger partial charge in [-0.1, -0.05) is 41.9 Å². The molecule has 0 saturated carbocycles. The Balaban J connectivity index is 1.42. The molecule has 4 rings (SSSR count). The number of nitrogens with zero attached hydrogens (tertiary/aromatic N) is 3. The van der Waals surface area contributed by atoms with Crippen LogP contribution < -0.4 is 10.9 Å². The van der Waals surface area contributed by atoms with Crippen LogP contribution in [0.3, 0.4) is 0 Å². The number of carbonyl (C=O) groups is 1. The van der Waals surface area contributed by atoms with Crippen molar-refractivity contribution in [2.24, 2.45) is 13.0 Å². The summed E-state index contributed by atoms with van der Waals surface area (Å²) in [5.41, 5.74) is 1.96. The lowest BCUT2D eigenvalue weighted by Gasteiger charge is -2.30. The lowest BCUT2D eigenvalue weighted by molar-refractivity contribution is -0.120. The average molecular weight is 503 g/mol. The summed E-state index contributed by atoms with van der Waals surface area (Å²) in [5, 5.41) is 3.36. The second-order valence-electron chi connectivity index (χ2n) is 8.48. The number of hydrogen-bond acceptors (Lipinski definition) is 4. The quantitative estimate of drug-likeness (QED) is 0.559. The van der Waals surface area contributed by atoms with Gasteiger partial charge in [-0.05, 0) is 49.6 Å². The number of benzene rings is 2. The molecule has 1 aliphatic heterocycles. The fourth-order valence-corrected chi connectivity index (χ4v) is 5.91. The summed E-state index contributed by atoms with van der Waals surface area (Å²) in [5.74, 6) is -0.740. The van der Waals surface area contributed by atoms with Crippen LogP contribution in [0.4, 0.5) is 5.69 Å². The van der Waals surface area contributed by atoms with Crippen molar-refractivity contribution in [1.29, 1.82) is 0 Å². The second-order valence-corrected chi connectivity index (χ2v) is 10.9. The van der Waals surface area contributed by atoms with Crippen molar-refractivity contribution in [2.45, 2.75) is 25.5 Å². The van der Waals surface area contributed by atoms with Gasteiger partial charge in [0.1, 0.15) is 5.69 Å². The van der Waals surface area contributed by atoms with Crippen molar-refractivity contribution in [3.63, 3.8) is 0 Å². The van der Waals surface area contributed by atoms with Crippen molar-refractivity contribution >= 4 is 33.2 Å². The zero-order valence-electron chi connectivity index (χ0n) is 19.1. The SMILES string of the molecule is Cc1c(NC(=O)C2CCN(S(=O)(=O)Cc3ccc(Cl)cc3)CC2)c(=O)n(-c2ccccc2)n1C. The van der Waals surface area contributed by atoms with Gasteiger partial charge < -0.3 is 5.32 Å². The number of hydrogen-bond donors (Lipinski definition) is 1. The van der Waals surface area contributed by atoms with E-state index < -0.39 is 10.0 Å². The van der Waals surface area contributed by atoms with E-state index in [0.29, 0.717) is 34.8 Å².